The van der Waals surface area contributed by atoms with Crippen molar-refractivity contribution in [2.24, 2.45) is 0 Å². The van der Waals surface area contributed by atoms with E-state index in [0.717, 1.165) is 18.5 Å². The van der Waals surface area contributed by atoms with Crippen LogP contribution < -0.4 is 5.32 Å². The van der Waals surface area contributed by atoms with Crippen molar-refractivity contribution in [3.05, 3.63) is 58.4 Å². The predicted octanol–water partition coefficient (Wildman–Crippen LogP) is 6.00. The van der Waals surface area contributed by atoms with Gasteiger partial charge in [-0.25, -0.2) is 13.6 Å². The van der Waals surface area contributed by atoms with Crippen LogP contribution in [0.15, 0.2) is 30.1 Å². The van der Waals surface area contributed by atoms with Crippen molar-refractivity contribution >= 4 is 17.7 Å². The van der Waals surface area contributed by atoms with Crippen molar-refractivity contribution in [2.75, 3.05) is 5.32 Å². The van der Waals surface area contributed by atoms with Crippen molar-refractivity contribution in [2.45, 2.75) is 45.6 Å². The van der Waals surface area contributed by atoms with Gasteiger partial charge in [-0.05, 0) is 61.6 Å². The molecule has 0 atom stereocenters. The van der Waals surface area contributed by atoms with Crippen molar-refractivity contribution in [3.63, 3.8) is 0 Å². The SMILES string of the molecule is Cc1c(F)c(-c2ccc(NC3CCCC3)cc2)c(C)c(F)c1C=C(F)C(=O)O. The number of halogens is 3. The Morgan fingerprint density at radius 1 is 1.07 bits per heavy atom. The number of hydrogen-bond acceptors (Lipinski definition) is 2. The van der Waals surface area contributed by atoms with Crippen molar-refractivity contribution in [1.29, 1.82) is 0 Å². The summed E-state index contributed by atoms with van der Waals surface area (Å²) < 4.78 is 43.2. The van der Waals surface area contributed by atoms with E-state index in [4.69, 9.17) is 5.11 Å². The second kappa shape index (κ2) is 8.09. The van der Waals surface area contributed by atoms with Crippen LogP contribution >= 0.6 is 0 Å². The Hall–Kier alpha value is -2.76. The summed E-state index contributed by atoms with van der Waals surface area (Å²) in [7, 11) is 0. The molecule has 1 saturated carbocycles. The van der Waals surface area contributed by atoms with Crippen LogP contribution in [0.25, 0.3) is 17.2 Å². The molecule has 2 aromatic rings. The largest absolute Gasteiger partial charge is 0.476 e. The Labute approximate surface area is 161 Å². The average Bonchev–Trinajstić information content (AvgIpc) is 3.18. The molecule has 0 bridgehead atoms. The van der Waals surface area contributed by atoms with Crippen LogP contribution in [0.4, 0.5) is 18.9 Å². The number of nitrogens with one attached hydrogen (secondary N) is 1. The van der Waals surface area contributed by atoms with Crippen LogP contribution in [0.2, 0.25) is 0 Å². The minimum absolute atomic E-state index is 0.00374. The summed E-state index contributed by atoms with van der Waals surface area (Å²) >= 11 is 0. The van der Waals surface area contributed by atoms with Crippen LogP contribution in [0.1, 0.15) is 42.4 Å². The summed E-state index contributed by atoms with van der Waals surface area (Å²) in [5.74, 6) is -4.90. The molecule has 1 fully saturated rings. The Kier molecular flexibility index (Phi) is 5.77. The molecule has 1 aliphatic rings. The summed E-state index contributed by atoms with van der Waals surface area (Å²) in [4.78, 5) is 10.7. The third-order valence-electron chi connectivity index (χ3n) is 5.27. The zero-order valence-corrected chi connectivity index (χ0v) is 15.8. The molecule has 0 saturated heterocycles. The summed E-state index contributed by atoms with van der Waals surface area (Å²) in [6.45, 7) is 2.70. The van der Waals surface area contributed by atoms with Gasteiger partial charge in [0.25, 0.3) is 0 Å². The summed E-state index contributed by atoms with van der Waals surface area (Å²) in [5, 5.41) is 12.1. The number of anilines is 1. The van der Waals surface area contributed by atoms with Gasteiger partial charge in [0.2, 0.25) is 5.83 Å². The minimum atomic E-state index is -1.83. The molecule has 148 valence electrons. The topological polar surface area (TPSA) is 49.3 Å². The lowest BCUT2D eigenvalue weighted by molar-refractivity contribution is -0.134. The smallest absolute Gasteiger partial charge is 0.364 e. The van der Waals surface area contributed by atoms with Gasteiger partial charge >= 0.3 is 5.97 Å². The highest BCUT2D eigenvalue weighted by Gasteiger charge is 2.22. The van der Waals surface area contributed by atoms with Crippen LogP contribution in [-0.4, -0.2) is 17.1 Å². The fourth-order valence-corrected chi connectivity index (χ4v) is 3.69. The first-order chi connectivity index (χ1) is 13.3. The van der Waals surface area contributed by atoms with E-state index in [1.807, 2.05) is 12.1 Å². The first-order valence-corrected chi connectivity index (χ1v) is 9.25. The molecule has 0 aromatic heterocycles. The normalized spacial score (nSPS) is 15.1. The zero-order valence-electron chi connectivity index (χ0n) is 15.8. The number of carboxylic acids is 1. The lowest BCUT2D eigenvalue weighted by Gasteiger charge is -2.16. The van der Waals surface area contributed by atoms with E-state index >= 15 is 0 Å². The number of carbonyl (C=O) groups is 1. The molecule has 0 spiro atoms. The number of rotatable bonds is 5. The second-order valence-corrected chi connectivity index (χ2v) is 7.17. The van der Waals surface area contributed by atoms with E-state index in [1.54, 1.807) is 12.1 Å². The van der Waals surface area contributed by atoms with Crippen molar-refractivity contribution < 1.29 is 23.1 Å². The fraction of sp³-hybridized carbons (Fsp3) is 0.318. The standard InChI is InChI=1S/C22H22F3NO2/c1-12-17(11-18(23)22(27)28)20(24)13(2)19(21(12)25)14-7-9-16(10-8-14)26-15-5-3-4-6-15/h7-11,15,26H,3-6H2,1-2H3,(H,27,28). The molecular formula is C22H22F3NO2. The van der Waals surface area contributed by atoms with E-state index in [2.05, 4.69) is 5.32 Å². The Balaban J connectivity index is 1.98. The van der Waals surface area contributed by atoms with Gasteiger partial charge in [0, 0.05) is 22.9 Å². The first kappa shape index (κ1) is 20.0. The van der Waals surface area contributed by atoms with E-state index in [0.29, 0.717) is 17.7 Å². The maximum Gasteiger partial charge on any atom is 0.364 e. The van der Waals surface area contributed by atoms with Gasteiger partial charge in [-0.15, -0.1) is 0 Å². The van der Waals surface area contributed by atoms with Gasteiger partial charge in [0.05, 0.1) is 0 Å². The minimum Gasteiger partial charge on any atom is -0.476 e. The summed E-state index contributed by atoms with van der Waals surface area (Å²) in [5.41, 5.74) is 0.998. The first-order valence-electron chi connectivity index (χ1n) is 9.25. The second-order valence-electron chi connectivity index (χ2n) is 7.17. The highest BCUT2D eigenvalue weighted by Crippen LogP contribution is 2.35. The predicted molar refractivity (Wildman–Crippen MR) is 104 cm³/mol. The van der Waals surface area contributed by atoms with Gasteiger partial charge < -0.3 is 10.4 Å². The molecule has 2 aromatic carbocycles. The monoisotopic (exact) mass is 389 g/mol. The molecule has 0 aliphatic heterocycles. The average molecular weight is 389 g/mol. The van der Waals surface area contributed by atoms with E-state index in [-0.39, 0.29) is 16.7 Å². The molecule has 0 heterocycles. The third kappa shape index (κ3) is 3.91. The van der Waals surface area contributed by atoms with E-state index in [1.165, 1.54) is 26.7 Å². The quantitative estimate of drug-likeness (QED) is 0.617. The van der Waals surface area contributed by atoms with E-state index in [9.17, 15) is 18.0 Å². The number of carboxylic acid groups (broad SMARTS) is 1. The van der Waals surface area contributed by atoms with Gasteiger partial charge in [0.1, 0.15) is 11.6 Å². The molecule has 0 amide bonds. The van der Waals surface area contributed by atoms with Crippen LogP contribution in [0, 0.1) is 25.5 Å². The maximum atomic E-state index is 15.0. The highest BCUT2D eigenvalue weighted by molar-refractivity contribution is 5.90. The Morgan fingerprint density at radius 2 is 1.68 bits per heavy atom. The molecule has 3 nitrogen and oxygen atoms in total. The van der Waals surface area contributed by atoms with Crippen LogP contribution in [0.5, 0.6) is 0 Å². The molecule has 6 heteroatoms. The number of hydrogen-bond donors (Lipinski definition) is 2. The lowest BCUT2D eigenvalue weighted by Crippen LogP contribution is -2.14. The van der Waals surface area contributed by atoms with Crippen molar-refractivity contribution in [1.82, 2.24) is 0 Å². The van der Waals surface area contributed by atoms with Gasteiger partial charge in [0.15, 0.2) is 0 Å². The van der Waals surface area contributed by atoms with Gasteiger partial charge in [-0.1, -0.05) is 25.0 Å². The molecule has 28 heavy (non-hydrogen) atoms. The molecular weight excluding hydrogens is 367 g/mol. The van der Waals surface area contributed by atoms with E-state index < -0.39 is 29.0 Å². The van der Waals surface area contributed by atoms with Gasteiger partial charge in [-0.3, -0.25) is 0 Å². The van der Waals surface area contributed by atoms with Gasteiger partial charge in [-0.2, -0.15) is 4.39 Å². The third-order valence-corrected chi connectivity index (χ3v) is 5.27. The molecule has 2 N–H and O–H groups in total. The Bertz CT molecular complexity index is 901. The fourth-order valence-electron chi connectivity index (χ4n) is 3.69. The Morgan fingerprint density at radius 3 is 2.25 bits per heavy atom. The number of aliphatic carboxylic acids is 1. The number of benzene rings is 2. The maximum absolute atomic E-state index is 15.0. The molecule has 3 rings (SSSR count). The van der Waals surface area contributed by atoms with Crippen molar-refractivity contribution in [3.8, 4) is 11.1 Å². The molecule has 0 unspecified atom stereocenters. The zero-order chi connectivity index (χ0) is 20.4. The van der Waals surface area contributed by atoms with Crippen LogP contribution in [0.3, 0.4) is 0 Å². The highest BCUT2D eigenvalue weighted by atomic mass is 19.1. The molecule has 0 radical (unpaired) electrons. The summed E-state index contributed by atoms with van der Waals surface area (Å²) in [6.07, 6.45) is 5.19. The van der Waals surface area contributed by atoms with Crippen LogP contribution in [-0.2, 0) is 4.79 Å². The molecule has 1 aliphatic carbocycles. The summed E-state index contributed by atoms with van der Waals surface area (Å²) in [6, 6.07) is 7.54. The lowest BCUT2D eigenvalue weighted by atomic mass is 9.92.